The highest BCUT2D eigenvalue weighted by atomic mass is 16.3. The van der Waals surface area contributed by atoms with Crippen LogP contribution in [0.2, 0.25) is 0 Å². The quantitative estimate of drug-likeness (QED) is 0.263. The molecule has 1 saturated carbocycles. The Morgan fingerprint density at radius 2 is 1.72 bits per heavy atom. The van der Waals surface area contributed by atoms with Gasteiger partial charge in [0.05, 0.1) is 0 Å². The van der Waals surface area contributed by atoms with Crippen LogP contribution in [-0.4, -0.2) is 34.8 Å². The summed E-state index contributed by atoms with van der Waals surface area (Å²) in [5.41, 5.74) is 1.93. The molecule has 0 bridgehead atoms. The second-order valence-electron chi connectivity index (χ2n) is 8.35. The number of aldehydes is 1. The van der Waals surface area contributed by atoms with E-state index in [0.717, 1.165) is 11.8 Å². The smallest absolute Gasteiger partial charge is 0.145 e. The van der Waals surface area contributed by atoms with Crippen LogP contribution in [0.4, 0.5) is 0 Å². The van der Waals surface area contributed by atoms with E-state index < -0.39 is 0 Å². The number of aliphatic hydroxyl groups is 2. The van der Waals surface area contributed by atoms with E-state index >= 15 is 0 Å². The first-order chi connectivity index (χ1) is 14.0. The highest BCUT2D eigenvalue weighted by molar-refractivity contribution is 5.71. The second-order valence-corrected chi connectivity index (χ2v) is 8.35. The van der Waals surface area contributed by atoms with Gasteiger partial charge in [-0.1, -0.05) is 51.3 Å². The molecule has 0 heterocycles. The van der Waals surface area contributed by atoms with E-state index in [1.807, 2.05) is 12.1 Å². The minimum atomic E-state index is -0.119. The van der Waals surface area contributed by atoms with Crippen LogP contribution in [-0.2, 0) is 4.79 Å². The van der Waals surface area contributed by atoms with E-state index in [1.165, 1.54) is 56.9 Å². The molecule has 164 valence electrons. The molecule has 1 aromatic carbocycles. The molecule has 4 heteroatoms. The predicted molar refractivity (Wildman–Crippen MR) is 119 cm³/mol. The maximum absolute atomic E-state index is 10.1. The molecule has 0 radical (unpaired) electrons. The number of rotatable bonds is 11. The first-order valence-corrected chi connectivity index (χ1v) is 11.2. The summed E-state index contributed by atoms with van der Waals surface area (Å²) in [7, 11) is 0. The second kappa shape index (κ2) is 15.2. The van der Waals surface area contributed by atoms with E-state index in [0.29, 0.717) is 30.5 Å². The van der Waals surface area contributed by atoms with Crippen molar-refractivity contribution in [1.29, 1.82) is 0 Å². The van der Waals surface area contributed by atoms with E-state index in [1.54, 1.807) is 0 Å². The molecule has 1 aliphatic carbocycles. The van der Waals surface area contributed by atoms with Crippen LogP contribution < -0.4 is 0 Å². The molecule has 1 aromatic rings. The highest BCUT2D eigenvalue weighted by Crippen LogP contribution is 2.38. The predicted octanol–water partition coefficient (Wildman–Crippen LogP) is 5.37. The average Bonchev–Trinajstić information content (AvgIpc) is 2.76. The van der Waals surface area contributed by atoms with Crippen LogP contribution in [0.15, 0.2) is 36.4 Å². The number of phenols is 1. The van der Waals surface area contributed by atoms with Crippen LogP contribution in [0.25, 0.3) is 0 Å². The topological polar surface area (TPSA) is 77.8 Å². The molecule has 0 saturated heterocycles. The fourth-order valence-corrected chi connectivity index (χ4v) is 3.90. The molecule has 0 spiro atoms. The molecule has 4 nitrogen and oxygen atoms in total. The van der Waals surface area contributed by atoms with E-state index in [2.05, 4.69) is 25.6 Å². The Morgan fingerprint density at radius 3 is 2.24 bits per heavy atom. The van der Waals surface area contributed by atoms with Crippen molar-refractivity contribution in [3.8, 4) is 5.75 Å². The lowest BCUT2D eigenvalue weighted by Gasteiger charge is -2.28. The van der Waals surface area contributed by atoms with Gasteiger partial charge in [0.2, 0.25) is 0 Å². The van der Waals surface area contributed by atoms with E-state index in [-0.39, 0.29) is 19.1 Å². The van der Waals surface area contributed by atoms with E-state index in [4.69, 9.17) is 10.2 Å². The van der Waals surface area contributed by atoms with Crippen molar-refractivity contribution < 1.29 is 20.1 Å². The van der Waals surface area contributed by atoms with Crippen molar-refractivity contribution in [1.82, 2.24) is 0 Å². The van der Waals surface area contributed by atoms with Crippen molar-refractivity contribution in [3.63, 3.8) is 0 Å². The van der Waals surface area contributed by atoms with Gasteiger partial charge in [0.1, 0.15) is 12.0 Å². The van der Waals surface area contributed by atoms with Gasteiger partial charge in [-0.15, -0.1) is 0 Å². The zero-order valence-electron chi connectivity index (χ0n) is 18.1. The first-order valence-electron chi connectivity index (χ1n) is 11.2. The molecule has 0 atom stereocenters. The number of carbonyl (C=O) groups is 1. The summed E-state index contributed by atoms with van der Waals surface area (Å²) in [6.45, 7) is 5.68. The normalized spacial score (nSPS) is 18.8. The maximum Gasteiger partial charge on any atom is 0.145 e. The Balaban J connectivity index is 0.000000331. The summed E-state index contributed by atoms with van der Waals surface area (Å²) in [5.74, 6) is 1.97. The van der Waals surface area contributed by atoms with Gasteiger partial charge in [0, 0.05) is 19.1 Å². The number of aliphatic hydroxyl groups excluding tert-OH is 2. The first kappa shape index (κ1) is 25.4. The summed E-state index contributed by atoms with van der Waals surface area (Å²) >= 11 is 0. The molecule has 2 rings (SSSR count). The summed E-state index contributed by atoms with van der Waals surface area (Å²) in [6.07, 6.45) is 12.9. The number of carbonyl (C=O) groups excluding carboxylic acids is 1. The lowest BCUT2D eigenvalue weighted by molar-refractivity contribution is -0.105. The minimum Gasteiger partial charge on any atom is -0.508 e. The molecule has 0 aliphatic heterocycles. The SMILES string of the molecule is C=C(C=O)CCC(CO)CO.CCCCCC1CCC(c2ccc(O)cc2)CC1. The summed E-state index contributed by atoms with van der Waals surface area (Å²) < 4.78 is 0. The van der Waals surface area contributed by atoms with Gasteiger partial charge in [-0.05, 0) is 73.6 Å². The molecule has 1 fully saturated rings. The fraction of sp³-hybridized carbons (Fsp3) is 0.640. The number of phenolic OH excluding ortho intramolecular Hbond substituents is 1. The molecule has 29 heavy (non-hydrogen) atoms. The third-order valence-electron chi connectivity index (χ3n) is 5.98. The number of hydrogen-bond acceptors (Lipinski definition) is 4. The highest BCUT2D eigenvalue weighted by Gasteiger charge is 2.21. The van der Waals surface area contributed by atoms with Crippen LogP contribution >= 0.6 is 0 Å². The molecular weight excluding hydrogens is 364 g/mol. The van der Waals surface area contributed by atoms with Crippen molar-refractivity contribution in [2.45, 2.75) is 77.0 Å². The van der Waals surface area contributed by atoms with Gasteiger partial charge in [0.15, 0.2) is 0 Å². The van der Waals surface area contributed by atoms with Crippen molar-refractivity contribution in [2.24, 2.45) is 11.8 Å². The molecule has 1 aliphatic rings. The zero-order chi connectivity index (χ0) is 21.5. The van der Waals surface area contributed by atoms with Gasteiger partial charge < -0.3 is 15.3 Å². The van der Waals surface area contributed by atoms with Crippen LogP contribution in [0.3, 0.4) is 0 Å². The molecular formula is C25H40O4. The number of allylic oxidation sites excluding steroid dienone is 1. The number of hydrogen-bond donors (Lipinski definition) is 3. The lowest BCUT2D eigenvalue weighted by atomic mass is 9.77. The third kappa shape index (κ3) is 10.6. The maximum atomic E-state index is 10.1. The minimum absolute atomic E-state index is 0.0391. The van der Waals surface area contributed by atoms with Crippen molar-refractivity contribution >= 4 is 6.29 Å². The summed E-state index contributed by atoms with van der Waals surface area (Å²) in [6, 6.07) is 7.83. The average molecular weight is 405 g/mol. The number of benzene rings is 1. The molecule has 0 amide bonds. The number of unbranched alkanes of at least 4 members (excludes halogenated alkanes) is 2. The molecule has 3 N–H and O–H groups in total. The van der Waals surface area contributed by atoms with Gasteiger partial charge in [-0.3, -0.25) is 4.79 Å². The lowest BCUT2D eigenvalue weighted by Crippen LogP contribution is -2.13. The molecule has 0 unspecified atom stereocenters. The van der Waals surface area contributed by atoms with Crippen LogP contribution in [0.1, 0.15) is 82.6 Å². The summed E-state index contributed by atoms with van der Waals surface area (Å²) in [5, 5.41) is 26.6. The van der Waals surface area contributed by atoms with Gasteiger partial charge in [-0.2, -0.15) is 0 Å². The van der Waals surface area contributed by atoms with Crippen molar-refractivity contribution in [2.75, 3.05) is 13.2 Å². The fourth-order valence-electron chi connectivity index (χ4n) is 3.90. The van der Waals surface area contributed by atoms with Crippen molar-refractivity contribution in [3.05, 3.63) is 42.0 Å². The van der Waals surface area contributed by atoms with Crippen LogP contribution in [0, 0.1) is 11.8 Å². The third-order valence-corrected chi connectivity index (χ3v) is 5.98. The van der Waals surface area contributed by atoms with Crippen LogP contribution in [0.5, 0.6) is 5.75 Å². The Bertz CT molecular complexity index is 555. The Hall–Kier alpha value is -1.65. The largest absolute Gasteiger partial charge is 0.508 e. The van der Waals surface area contributed by atoms with Gasteiger partial charge in [0.25, 0.3) is 0 Å². The van der Waals surface area contributed by atoms with Gasteiger partial charge in [-0.25, -0.2) is 0 Å². The van der Waals surface area contributed by atoms with E-state index in [9.17, 15) is 9.90 Å². The Morgan fingerprint density at radius 1 is 1.10 bits per heavy atom. The Labute approximate surface area is 176 Å². The standard InChI is InChI=1S/C17H26O.C8H14O3/c1-2-3-4-5-14-6-8-15(9-7-14)16-10-12-17(18)13-11-16;1-7(4-9)2-3-8(5-10)6-11/h10-15,18H,2-9H2,1H3;4,8,10-11H,1-3,5-6H2. The zero-order valence-corrected chi connectivity index (χ0v) is 18.1. The molecule has 0 aromatic heterocycles. The monoisotopic (exact) mass is 404 g/mol. The van der Waals surface area contributed by atoms with Gasteiger partial charge >= 0.3 is 0 Å². The summed E-state index contributed by atoms with van der Waals surface area (Å²) in [4.78, 5) is 10.1. The number of aromatic hydroxyl groups is 1. The Kier molecular flexibility index (Phi) is 13.3.